The highest BCUT2D eigenvalue weighted by molar-refractivity contribution is 5.87. The predicted octanol–water partition coefficient (Wildman–Crippen LogP) is 13.5. The first kappa shape index (κ1) is 40.8. The van der Waals surface area contributed by atoms with Gasteiger partial charge in [0.1, 0.15) is 0 Å². The molecule has 0 heterocycles. The highest BCUT2D eigenvalue weighted by Gasteiger charge is 2.35. The van der Waals surface area contributed by atoms with Crippen LogP contribution in [0.2, 0.25) is 0 Å². The fourth-order valence-electron chi connectivity index (χ4n) is 8.99. The Labute approximate surface area is 334 Å². The number of benzene rings is 4. The van der Waals surface area contributed by atoms with Crippen LogP contribution in [-0.4, -0.2) is 0 Å². The summed E-state index contributed by atoms with van der Waals surface area (Å²) in [4.78, 5) is 0. The maximum Gasteiger partial charge on any atom is -0.00167 e. The number of allylic oxidation sites excluding steroid dienone is 4. The zero-order chi connectivity index (χ0) is 40.8. The van der Waals surface area contributed by atoms with Crippen LogP contribution >= 0.6 is 0 Å². The maximum absolute atomic E-state index is 2.60. The van der Waals surface area contributed by atoms with Crippen LogP contribution in [-0.2, 0) is 32.5 Å². The summed E-state index contributed by atoms with van der Waals surface area (Å²) in [5.41, 5.74) is 16.5. The number of hydrogen-bond donors (Lipinski definition) is 0. The maximum atomic E-state index is 2.60. The average molecular weight is 731 g/mol. The lowest BCUT2D eigenvalue weighted by atomic mass is 9.68. The van der Waals surface area contributed by atoms with Gasteiger partial charge in [-0.15, -0.1) is 0 Å². The van der Waals surface area contributed by atoms with Gasteiger partial charge < -0.3 is 0 Å². The van der Waals surface area contributed by atoms with Crippen LogP contribution < -0.4 is 10.4 Å². The molecule has 0 aromatic heterocycles. The van der Waals surface area contributed by atoms with Gasteiger partial charge in [0.2, 0.25) is 0 Å². The molecule has 0 saturated heterocycles. The monoisotopic (exact) mass is 731 g/mol. The molecule has 0 spiro atoms. The van der Waals surface area contributed by atoms with E-state index in [0.717, 1.165) is 6.42 Å². The van der Waals surface area contributed by atoms with Crippen LogP contribution in [0.15, 0.2) is 78.9 Å². The Morgan fingerprint density at radius 2 is 0.945 bits per heavy atom. The van der Waals surface area contributed by atoms with Crippen LogP contribution in [0.25, 0.3) is 17.2 Å². The molecule has 4 aromatic rings. The van der Waals surface area contributed by atoms with Gasteiger partial charge in [0, 0.05) is 0 Å². The lowest BCUT2D eigenvalue weighted by molar-refractivity contribution is 0.524. The van der Waals surface area contributed by atoms with E-state index in [1.165, 1.54) is 87.7 Å². The van der Waals surface area contributed by atoms with E-state index >= 15 is 0 Å². The lowest BCUT2D eigenvalue weighted by Crippen LogP contribution is -2.34. The molecule has 0 atom stereocenters. The summed E-state index contributed by atoms with van der Waals surface area (Å²) < 4.78 is 0. The third-order valence-corrected chi connectivity index (χ3v) is 11.8. The minimum absolute atomic E-state index is 0.0118. The van der Waals surface area contributed by atoms with Crippen molar-refractivity contribution in [2.75, 3.05) is 0 Å². The molecule has 6 rings (SSSR count). The molecule has 4 aromatic carbocycles. The van der Waals surface area contributed by atoms with Gasteiger partial charge in [-0.3, -0.25) is 0 Å². The van der Waals surface area contributed by atoms with E-state index in [4.69, 9.17) is 0 Å². The molecule has 0 amide bonds. The smallest absolute Gasteiger partial charge is 0.00167 e. The molecule has 55 heavy (non-hydrogen) atoms. The van der Waals surface area contributed by atoms with Crippen molar-refractivity contribution in [3.05, 3.63) is 155 Å². The topological polar surface area (TPSA) is 0 Å². The number of fused-ring (bicyclic) bond motifs is 2. The van der Waals surface area contributed by atoms with E-state index in [0.29, 0.717) is 0 Å². The minimum atomic E-state index is -0.156. The Hall–Kier alpha value is -3.90. The van der Waals surface area contributed by atoms with Gasteiger partial charge in [0.05, 0.1) is 0 Å². The van der Waals surface area contributed by atoms with Gasteiger partial charge >= 0.3 is 0 Å². The summed E-state index contributed by atoms with van der Waals surface area (Å²) in [7, 11) is 0. The van der Waals surface area contributed by atoms with Gasteiger partial charge in [-0.25, -0.2) is 0 Å². The van der Waals surface area contributed by atoms with E-state index in [1.54, 1.807) is 0 Å². The van der Waals surface area contributed by atoms with Crippen molar-refractivity contribution in [2.45, 2.75) is 164 Å². The van der Waals surface area contributed by atoms with Crippen LogP contribution in [0.3, 0.4) is 0 Å². The summed E-state index contributed by atoms with van der Waals surface area (Å²) in [6, 6.07) is 24.3. The summed E-state index contributed by atoms with van der Waals surface area (Å²) >= 11 is 0. The van der Waals surface area contributed by atoms with Crippen molar-refractivity contribution >= 4 is 17.2 Å². The summed E-state index contributed by atoms with van der Waals surface area (Å²) in [6.07, 6.45) is 10.5. The highest BCUT2D eigenvalue weighted by Crippen LogP contribution is 2.44. The van der Waals surface area contributed by atoms with Crippen LogP contribution in [0.4, 0.5) is 0 Å². The summed E-state index contributed by atoms with van der Waals surface area (Å²) in [5.74, 6) is 0. The Balaban J connectivity index is 2.04. The van der Waals surface area contributed by atoms with Gasteiger partial charge in [0.25, 0.3) is 0 Å². The highest BCUT2D eigenvalue weighted by atomic mass is 14.4. The van der Waals surface area contributed by atoms with E-state index < -0.39 is 0 Å². The lowest BCUT2D eigenvalue weighted by Gasteiger charge is -2.35. The molecular weight excluding hydrogens is 661 g/mol. The van der Waals surface area contributed by atoms with E-state index in [-0.39, 0.29) is 32.5 Å². The normalized spacial score (nSPS) is 14.8. The van der Waals surface area contributed by atoms with E-state index in [1.807, 2.05) is 0 Å². The second-order valence-electron chi connectivity index (χ2n) is 22.8. The molecule has 0 fully saturated rings. The quantitative estimate of drug-likeness (QED) is 0.173. The number of hydrogen-bond acceptors (Lipinski definition) is 0. The second-order valence-corrected chi connectivity index (χ2v) is 22.8. The molecule has 0 radical (unpaired) electrons. The Morgan fingerprint density at radius 1 is 0.491 bits per heavy atom. The molecular formula is C55H70. The molecule has 2 aliphatic rings. The number of rotatable bonds is 3. The standard InChI is InChI=1S/C55H70/c1-50(2,3)38-27-23-35(24-28-38)44(36-25-29-39(30-26-36)51(4,5)6)47-46-40-33-43(53(10,11)12)42(52(7,8)9)32-37(40)31-41(46)45(34-21-19-20-22-34)48(54(13,14)15)49(47)55(16,17)18/h19-21,23-33H,22H2,1-18H3. The Morgan fingerprint density at radius 3 is 1.33 bits per heavy atom. The molecule has 0 N–H and O–H groups in total. The molecule has 0 aliphatic heterocycles. The molecule has 0 nitrogen and oxygen atoms in total. The first-order valence-corrected chi connectivity index (χ1v) is 20.8. The van der Waals surface area contributed by atoms with Crippen LogP contribution in [0.1, 0.15) is 187 Å². The first-order chi connectivity index (χ1) is 25.1. The molecule has 290 valence electrons. The SMILES string of the molecule is CC(C)(C)c1ccc(C(c2ccc(C(C)(C)C)cc2)=c2c(C(C)(C)C)c(C(C)(C)C)c(C3=CC=CC3)c3c2=c2cc(C(C)(C)C)c(C(C)(C)C)cc2=C3)cc1. The Kier molecular flexibility index (Phi) is 9.90. The molecule has 0 saturated carbocycles. The zero-order valence-corrected chi connectivity index (χ0v) is 37.8. The summed E-state index contributed by atoms with van der Waals surface area (Å²) in [5, 5.41) is 5.51. The van der Waals surface area contributed by atoms with Gasteiger partial charge in [-0.05, 0) is 139 Å². The van der Waals surface area contributed by atoms with Crippen molar-refractivity contribution in [2.24, 2.45) is 0 Å². The molecule has 0 heteroatoms. The third kappa shape index (κ3) is 7.65. The molecule has 2 aliphatic carbocycles. The molecule has 0 unspecified atom stereocenters. The second kappa shape index (κ2) is 13.4. The van der Waals surface area contributed by atoms with E-state index in [2.05, 4.69) is 210 Å². The minimum Gasteiger partial charge on any atom is -0.0801 e. The predicted molar refractivity (Wildman–Crippen MR) is 242 cm³/mol. The fourth-order valence-corrected chi connectivity index (χ4v) is 8.99. The van der Waals surface area contributed by atoms with Gasteiger partial charge in [-0.2, -0.15) is 0 Å². The fraction of sp³-hybridized carbons (Fsp3) is 0.455. The van der Waals surface area contributed by atoms with E-state index in [9.17, 15) is 0 Å². The van der Waals surface area contributed by atoms with Crippen LogP contribution in [0, 0.1) is 10.4 Å². The van der Waals surface area contributed by atoms with Crippen molar-refractivity contribution in [3.63, 3.8) is 0 Å². The average Bonchev–Trinajstić information content (AvgIpc) is 3.70. The van der Waals surface area contributed by atoms with Crippen molar-refractivity contribution in [3.8, 4) is 0 Å². The largest absolute Gasteiger partial charge is 0.0801 e. The van der Waals surface area contributed by atoms with Crippen molar-refractivity contribution < 1.29 is 0 Å². The van der Waals surface area contributed by atoms with Crippen LogP contribution in [0.5, 0.6) is 0 Å². The first-order valence-electron chi connectivity index (χ1n) is 20.8. The molecule has 0 bridgehead atoms. The third-order valence-electron chi connectivity index (χ3n) is 11.8. The van der Waals surface area contributed by atoms with Crippen molar-refractivity contribution in [1.29, 1.82) is 0 Å². The zero-order valence-electron chi connectivity index (χ0n) is 37.8. The van der Waals surface area contributed by atoms with Crippen molar-refractivity contribution in [1.82, 2.24) is 0 Å². The van der Waals surface area contributed by atoms with Gasteiger partial charge in [0.15, 0.2) is 0 Å². The van der Waals surface area contributed by atoms with Gasteiger partial charge in [-0.1, -0.05) is 197 Å². The summed E-state index contributed by atoms with van der Waals surface area (Å²) in [6.45, 7) is 42.8. The Bertz CT molecular complexity index is 2370.